The van der Waals surface area contributed by atoms with Crippen LogP contribution in [0.4, 0.5) is 0 Å². The van der Waals surface area contributed by atoms with E-state index >= 15 is 0 Å². The van der Waals surface area contributed by atoms with Crippen LogP contribution in [0.1, 0.15) is 30.1 Å². The molecule has 0 bridgehead atoms. The lowest BCUT2D eigenvalue weighted by Crippen LogP contribution is -2.02. The summed E-state index contributed by atoms with van der Waals surface area (Å²) in [6.07, 6.45) is 1.19. The minimum atomic E-state index is -0.523. The fraction of sp³-hybridized carbons (Fsp3) is 0.286. The van der Waals surface area contributed by atoms with Crippen LogP contribution >= 0.6 is 27.7 Å². The Labute approximate surface area is 125 Å². The molecule has 1 aromatic carbocycles. The Bertz CT molecular complexity index is 575. The highest BCUT2D eigenvalue weighted by Gasteiger charge is 2.08. The van der Waals surface area contributed by atoms with E-state index in [0.29, 0.717) is 5.75 Å². The second-order valence-electron chi connectivity index (χ2n) is 4.22. The molecule has 1 atom stereocenters. The monoisotopic (exact) mass is 338 g/mol. The predicted octanol–water partition coefficient (Wildman–Crippen LogP) is 3.89. The molecule has 100 valence electrons. The Morgan fingerprint density at radius 2 is 2.11 bits per heavy atom. The molecule has 19 heavy (non-hydrogen) atoms. The first-order valence-corrected chi connectivity index (χ1v) is 7.73. The number of nitrogens with zero attached hydrogens (tertiary/aromatic N) is 2. The van der Waals surface area contributed by atoms with Crippen LogP contribution in [0.25, 0.3) is 0 Å². The smallest absolute Gasteiger partial charge is 0.138 e. The highest BCUT2D eigenvalue weighted by Crippen LogP contribution is 2.29. The zero-order chi connectivity index (χ0) is 13.8. The number of thioether (sulfide) groups is 1. The van der Waals surface area contributed by atoms with Crippen molar-refractivity contribution in [3.05, 3.63) is 52.0 Å². The van der Waals surface area contributed by atoms with Crippen LogP contribution in [0.5, 0.6) is 0 Å². The van der Waals surface area contributed by atoms with Crippen molar-refractivity contribution in [2.75, 3.05) is 0 Å². The third kappa shape index (κ3) is 3.78. The number of halogens is 1. The van der Waals surface area contributed by atoms with Crippen LogP contribution in [0.2, 0.25) is 0 Å². The molecule has 0 aliphatic rings. The molecule has 3 nitrogen and oxygen atoms in total. The van der Waals surface area contributed by atoms with E-state index in [2.05, 4.69) is 32.0 Å². The summed E-state index contributed by atoms with van der Waals surface area (Å²) in [7, 11) is 0. The molecule has 5 heteroatoms. The molecule has 0 amide bonds. The van der Waals surface area contributed by atoms with Crippen molar-refractivity contribution in [1.29, 1.82) is 0 Å². The van der Waals surface area contributed by atoms with E-state index in [4.69, 9.17) is 0 Å². The Hall–Kier alpha value is -0.910. The summed E-state index contributed by atoms with van der Waals surface area (Å²) in [6, 6.07) is 8.08. The second kappa shape index (κ2) is 6.50. The lowest BCUT2D eigenvalue weighted by molar-refractivity contribution is 0.197. The normalized spacial score (nSPS) is 12.4. The third-order valence-corrected chi connectivity index (χ3v) is 4.73. The average molecular weight is 339 g/mol. The molecule has 1 heterocycles. The third-order valence-electron chi connectivity index (χ3n) is 2.71. The maximum absolute atomic E-state index is 9.55. The number of aromatic nitrogens is 2. The number of aryl methyl sites for hydroxylation is 1. The van der Waals surface area contributed by atoms with Gasteiger partial charge in [-0.3, -0.25) is 0 Å². The fourth-order valence-corrected chi connectivity index (χ4v) is 3.14. The molecular weight excluding hydrogens is 324 g/mol. The van der Waals surface area contributed by atoms with Gasteiger partial charge in [0.05, 0.1) is 11.9 Å². The molecule has 0 saturated heterocycles. The van der Waals surface area contributed by atoms with Gasteiger partial charge in [-0.25, -0.2) is 9.97 Å². The summed E-state index contributed by atoms with van der Waals surface area (Å²) in [5.41, 5.74) is 1.63. The first-order valence-electron chi connectivity index (χ1n) is 5.95. The van der Waals surface area contributed by atoms with Crippen molar-refractivity contribution >= 4 is 27.7 Å². The van der Waals surface area contributed by atoms with Gasteiger partial charge in [0.15, 0.2) is 0 Å². The van der Waals surface area contributed by atoms with Gasteiger partial charge >= 0.3 is 0 Å². The van der Waals surface area contributed by atoms with Crippen molar-refractivity contribution in [3.8, 4) is 0 Å². The van der Waals surface area contributed by atoms with E-state index in [9.17, 15) is 5.11 Å². The molecule has 0 aliphatic heterocycles. The number of rotatable bonds is 4. The summed E-state index contributed by atoms with van der Waals surface area (Å²) < 4.78 is 1.08. The topological polar surface area (TPSA) is 46.0 Å². The van der Waals surface area contributed by atoms with Crippen LogP contribution in [0, 0.1) is 6.92 Å². The Morgan fingerprint density at radius 1 is 1.37 bits per heavy atom. The number of aliphatic hydroxyl groups excluding tert-OH is 1. The molecule has 0 fully saturated rings. The molecular formula is C14H15BrN2OS. The molecule has 0 radical (unpaired) electrons. The lowest BCUT2D eigenvalue weighted by atomic mass is 10.1. The van der Waals surface area contributed by atoms with Gasteiger partial charge in [0.2, 0.25) is 0 Å². The summed E-state index contributed by atoms with van der Waals surface area (Å²) in [6.45, 7) is 3.62. The zero-order valence-corrected chi connectivity index (χ0v) is 13.2. The summed E-state index contributed by atoms with van der Waals surface area (Å²) >= 11 is 5.21. The van der Waals surface area contributed by atoms with E-state index < -0.39 is 6.10 Å². The van der Waals surface area contributed by atoms with Crippen LogP contribution < -0.4 is 0 Å². The molecule has 2 rings (SSSR count). The SMILES string of the molecule is Cc1nc(CSc2ccccc2Br)ncc1[C@@H](C)O. The number of benzene rings is 1. The first-order chi connectivity index (χ1) is 9.08. The van der Waals surface area contributed by atoms with Gasteiger partial charge in [-0.15, -0.1) is 11.8 Å². The Kier molecular flexibility index (Phi) is 4.96. The molecule has 2 aromatic rings. The first kappa shape index (κ1) is 14.5. The maximum Gasteiger partial charge on any atom is 0.138 e. The van der Waals surface area contributed by atoms with E-state index in [1.807, 2.05) is 25.1 Å². The minimum Gasteiger partial charge on any atom is -0.389 e. The van der Waals surface area contributed by atoms with Crippen LogP contribution in [-0.2, 0) is 5.75 Å². The van der Waals surface area contributed by atoms with Crippen LogP contribution in [0.15, 0.2) is 39.8 Å². The van der Waals surface area contributed by atoms with Gasteiger partial charge < -0.3 is 5.11 Å². The van der Waals surface area contributed by atoms with Crippen molar-refractivity contribution in [2.24, 2.45) is 0 Å². The quantitative estimate of drug-likeness (QED) is 0.859. The Morgan fingerprint density at radius 3 is 2.74 bits per heavy atom. The van der Waals surface area contributed by atoms with Crippen molar-refractivity contribution < 1.29 is 5.11 Å². The minimum absolute atomic E-state index is 0.523. The zero-order valence-electron chi connectivity index (χ0n) is 10.8. The van der Waals surface area contributed by atoms with Gasteiger partial charge in [0.1, 0.15) is 5.82 Å². The highest BCUT2D eigenvalue weighted by molar-refractivity contribution is 9.10. The van der Waals surface area contributed by atoms with Gasteiger partial charge in [0.25, 0.3) is 0 Å². The standard InChI is InChI=1S/C14H15BrN2OS/c1-9-11(10(2)18)7-16-14(17-9)8-19-13-6-4-3-5-12(13)15/h3-7,10,18H,8H2,1-2H3/t10-/m1/s1. The number of hydrogen-bond acceptors (Lipinski definition) is 4. The average Bonchev–Trinajstić information content (AvgIpc) is 2.37. The summed E-state index contributed by atoms with van der Waals surface area (Å²) in [5.74, 6) is 1.49. The predicted molar refractivity (Wildman–Crippen MR) is 81.1 cm³/mol. The van der Waals surface area contributed by atoms with Gasteiger partial charge in [-0.2, -0.15) is 0 Å². The van der Waals surface area contributed by atoms with Crippen molar-refractivity contribution in [3.63, 3.8) is 0 Å². The molecule has 1 N–H and O–H groups in total. The number of aliphatic hydroxyl groups is 1. The Balaban J connectivity index is 2.08. The lowest BCUT2D eigenvalue weighted by Gasteiger charge is -2.09. The van der Waals surface area contributed by atoms with E-state index in [1.165, 1.54) is 4.90 Å². The molecule has 0 aliphatic carbocycles. The van der Waals surface area contributed by atoms with Gasteiger partial charge in [0, 0.05) is 26.8 Å². The van der Waals surface area contributed by atoms with Crippen LogP contribution in [-0.4, -0.2) is 15.1 Å². The molecule has 1 aromatic heterocycles. The molecule has 0 spiro atoms. The largest absolute Gasteiger partial charge is 0.389 e. The van der Waals surface area contributed by atoms with Crippen LogP contribution in [0.3, 0.4) is 0 Å². The summed E-state index contributed by atoms with van der Waals surface area (Å²) in [4.78, 5) is 9.90. The summed E-state index contributed by atoms with van der Waals surface area (Å²) in [5, 5.41) is 9.55. The van der Waals surface area contributed by atoms with E-state index in [0.717, 1.165) is 21.6 Å². The number of hydrogen-bond donors (Lipinski definition) is 1. The van der Waals surface area contributed by atoms with Crippen molar-refractivity contribution in [1.82, 2.24) is 9.97 Å². The van der Waals surface area contributed by atoms with Gasteiger partial charge in [-0.1, -0.05) is 12.1 Å². The van der Waals surface area contributed by atoms with Crippen molar-refractivity contribution in [2.45, 2.75) is 30.6 Å². The van der Waals surface area contributed by atoms with E-state index in [1.54, 1.807) is 24.9 Å². The highest BCUT2D eigenvalue weighted by atomic mass is 79.9. The van der Waals surface area contributed by atoms with E-state index in [-0.39, 0.29) is 0 Å². The molecule has 0 saturated carbocycles. The molecule has 0 unspecified atom stereocenters. The fourth-order valence-electron chi connectivity index (χ4n) is 1.71. The van der Waals surface area contributed by atoms with Gasteiger partial charge in [-0.05, 0) is 41.9 Å². The maximum atomic E-state index is 9.55. The second-order valence-corrected chi connectivity index (χ2v) is 6.09.